The summed E-state index contributed by atoms with van der Waals surface area (Å²) in [6.45, 7) is 0.207. The molecule has 0 amide bonds. The average Bonchev–Trinajstić information content (AvgIpc) is 2.43. The summed E-state index contributed by atoms with van der Waals surface area (Å²) in [4.78, 5) is 19.7. The van der Waals surface area contributed by atoms with Gasteiger partial charge in [-0.15, -0.1) is 0 Å². The molecule has 1 aromatic heterocycles. The van der Waals surface area contributed by atoms with Gasteiger partial charge in [0, 0.05) is 7.11 Å². The maximum Gasteiger partial charge on any atom is 0.317 e. The molecule has 1 rings (SSSR count). The Labute approximate surface area is 105 Å². The topological polar surface area (TPSA) is 79.8 Å². The summed E-state index contributed by atoms with van der Waals surface area (Å²) in [5.74, 6) is -0.700. The Kier molecular flexibility index (Phi) is 6.03. The number of ether oxygens (including phenoxy) is 4. The van der Waals surface area contributed by atoms with Crippen LogP contribution in [0.25, 0.3) is 0 Å². The summed E-state index contributed by atoms with van der Waals surface area (Å²) in [5, 5.41) is 0. The molecule has 1 unspecified atom stereocenters. The van der Waals surface area contributed by atoms with E-state index in [0.29, 0.717) is 11.6 Å². The van der Waals surface area contributed by atoms with Crippen molar-refractivity contribution >= 4 is 5.97 Å². The van der Waals surface area contributed by atoms with Gasteiger partial charge >= 0.3 is 5.97 Å². The first-order valence-corrected chi connectivity index (χ1v) is 5.23. The summed E-state index contributed by atoms with van der Waals surface area (Å²) in [7, 11) is 4.30. The van der Waals surface area contributed by atoms with Gasteiger partial charge in [-0.1, -0.05) is 0 Å². The van der Waals surface area contributed by atoms with Crippen molar-refractivity contribution in [3.8, 4) is 5.88 Å². The summed E-state index contributed by atoms with van der Waals surface area (Å²) >= 11 is 0. The lowest BCUT2D eigenvalue weighted by atomic mass is 10.1. The fourth-order valence-electron chi connectivity index (χ4n) is 1.28. The van der Waals surface area contributed by atoms with Gasteiger partial charge in [-0.2, -0.15) is 0 Å². The maximum absolute atomic E-state index is 11.6. The minimum Gasteiger partial charge on any atom is -0.480 e. The van der Waals surface area contributed by atoms with Gasteiger partial charge in [0.05, 0.1) is 38.9 Å². The summed E-state index contributed by atoms with van der Waals surface area (Å²) in [6.07, 6.45) is 2.89. The van der Waals surface area contributed by atoms with Crippen molar-refractivity contribution < 1.29 is 23.7 Å². The molecule has 1 heterocycles. The monoisotopic (exact) mass is 256 g/mol. The molecule has 0 aromatic carbocycles. The van der Waals surface area contributed by atoms with Crippen LogP contribution in [0.4, 0.5) is 0 Å². The first kappa shape index (κ1) is 14.3. The molecular formula is C11H16N2O5. The van der Waals surface area contributed by atoms with Gasteiger partial charge in [0.15, 0.2) is 0 Å². The highest BCUT2D eigenvalue weighted by Gasteiger charge is 2.23. The van der Waals surface area contributed by atoms with E-state index in [1.54, 1.807) is 0 Å². The van der Waals surface area contributed by atoms with E-state index in [1.807, 2.05) is 0 Å². The lowest BCUT2D eigenvalue weighted by Crippen LogP contribution is -2.21. The van der Waals surface area contributed by atoms with Crippen molar-refractivity contribution in [2.24, 2.45) is 0 Å². The average molecular weight is 256 g/mol. The highest BCUT2D eigenvalue weighted by Crippen LogP contribution is 2.16. The van der Waals surface area contributed by atoms with E-state index in [2.05, 4.69) is 9.97 Å². The van der Waals surface area contributed by atoms with Gasteiger partial charge in [-0.05, 0) is 0 Å². The predicted molar refractivity (Wildman–Crippen MR) is 61.2 cm³/mol. The van der Waals surface area contributed by atoms with Crippen LogP contribution in [0, 0.1) is 0 Å². The SMILES string of the molecule is COCOCC(C(=O)OC)c1cnc(OC)cn1. The number of carbonyl (C=O) groups excluding carboxylic acids is 1. The Morgan fingerprint density at radius 2 is 2.06 bits per heavy atom. The van der Waals surface area contributed by atoms with Crippen LogP contribution in [0.2, 0.25) is 0 Å². The molecule has 7 heteroatoms. The molecule has 1 aromatic rings. The van der Waals surface area contributed by atoms with E-state index < -0.39 is 11.9 Å². The second-order valence-electron chi connectivity index (χ2n) is 3.34. The quantitative estimate of drug-likeness (QED) is 0.396. The predicted octanol–water partition coefficient (Wildman–Crippen LogP) is 0.362. The van der Waals surface area contributed by atoms with Crippen LogP contribution in [0.3, 0.4) is 0 Å². The van der Waals surface area contributed by atoms with E-state index in [1.165, 1.54) is 33.7 Å². The lowest BCUT2D eigenvalue weighted by molar-refractivity contribution is -0.145. The Bertz CT molecular complexity index is 368. The number of hydrogen-bond donors (Lipinski definition) is 0. The first-order chi connectivity index (χ1) is 8.72. The molecule has 100 valence electrons. The number of hydrogen-bond acceptors (Lipinski definition) is 7. The van der Waals surface area contributed by atoms with E-state index in [9.17, 15) is 4.79 Å². The zero-order chi connectivity index (χ0) is 13.4. The number of nitrogens with zero attached hydrogens (tertiary/aromatic N) is 2. The summed E-state index contributed by atoms with van der Waals surface area (Å²) in [5.41, 5.74) is 0.457. The van der Waals surface area contributed by atoms with Crippen molar-refractivity contribution in [3.63, 3.8) is 0 Å². The van der Waals surface area contributed by atoms with E-state index >= 15 is 0 Å². The van der Waals surface area contributed by atoms with Crippen LogP contribution in [0.5, 0.6) is 5.88 Å². The zero-order valence-corrected chi connectivity index (χ0v) is 10.6. The first-order valence-electron chi connectivity index (χ1n) is 5.23. The lowest BCUT2D eigenvalue weighted by Gasteiger charge is -2.13. The van der Waals surface area contributed by atoms with Gasteiger partial charge in [0.2, 0.25) is 5.88 Å². The third kappa shape index (κ3) is 3.94. The molecule has 0 N–H and O–H groups in total. The molecule has 0 fully saturated rings. The van der Waals surface area contributed by atoms with Gasteiger partial charge < -0.3 is 18.9 Å². The molecule has 18 heavy (non-hydrogen) atoms. The Morgan fingerprint density at radius 3 is 2.56 bits per heavy atom. The molecule has 0 radical (unpaired) electrons. The van der Waals surface area contributed by atoms with Crippen molar-refractivity contribution in [2.75, 3.05) is 34.7 Å². The number of carbonyl (C=O) groups is 1. The standard InChI is InChI=1S/C11H16N2O5/c1-15-7-18-6-8(11(14)17-3)9-4-13-10(16-2)5-12-9/h4-5,8H,6-7H2,1-3H3. The molecule has 7 nitrogen and oxygen atoms in total. The molecule has 0 saturated heterocycles. The Balaban J connectivity index is 2.76. The van der Waals surface area contributed by atoms with Gasteiger partial charge in [0.1, 0.15) is 12.7 Å². The number of aromatic nitrogens is 2. The maximum atomic E-state index is 11.6. The zero-order valence-electron chi connectivity index (χ0n) is 10.6. The van der Waals surface area contributed by atoms with Crippen molar-refractivity contribution in [2.45, 2.75) is 5.92 Å². The Hall–Kier alpha value is -1.73. The van der Waals surface area contributed by atoms with E-state index in [-0.39, 0.29) is 13.4 Å². The van der Waals surface area contributed by atoms with Crippen LogP contribution < -0.4 is 4.74 Å². The largest absolute Gasteiger partial charge is 0.480 e. The smallest absolute Gasteiger partial charge is 0.317 e. The van der Waals surface area contributed by atoms with Crippen LogP contribution in [-0.4, -0.2) is 50.7 Å². The molecule has 0 bridgehead atoms. The van der Waals surface area contributed by atoms with Crippen molar-refractivity contribution in [1.82, 2.24) is 9.97 Å². The van der Waals surface area contributed by atoms with Gasteiger partial charge in [-0.3, -0.25) is 9.78 Å². The molecule has 0 spiro atoms. The molecule has 1 atom stereocenters. The van der Waals surface area contributed by atoms with Crippen LogP contribution in [0.1, 0.15) is 11.6 Å². The van der Waals surface area contributed by atoms with E-state index in [4.69, 9.17) is 18.9 Å². The highest BCUT2D eigenvalue weighted by molar-refractivity contribution is 5.77. The number of rotatable bonds is 7. The Morgan fingerprint density at radius 1 is 1.28 bits per heavy atom. The summed E-state index contributed by atoms with van der Waals surface area (Å²) in [6, 6.07) is 0. The number of esters is 1. The summed E-state index contributed by atoms with van der Waals surface area (Å²) < 4.78 is 19.5. The molecule has 0 aliphatic rings. The molecule has 0 aliphatic heterocycles. The third-order valence-corrected chi connectivity index (χ3v) is 2.19. The normalized spacial score (nSPS) is 11.9. The van der Waals surface area contributed by atoms with Crippen LogP contribution in [0.15, 0.2) is 12.4 Å². The third-order valence-electron chi connectivity index (χ3n) is 2.19. The highest BCUT2D eigenvalue weighted by atomic mass is 16.7. The van der Waals surface area contributed by atoms with E-state index in [0.717, 1.165) is 0 Å². The van der Waals surface area contributed by atoms with Crippen molar-refractivity contribution in [1.29, 1.82) is 0 Å². The minimum atomic E-state index is -0.636. The van der Waals surface area contributed by atoms with Crippen LogP contribution in [-0.2, 0) is 19.0 Å². The molecule has 0 saturated carbocycles. The van der Waals surface area contributed by atoms with Crippen molar-refractivity contribution in [3.05, 3.63) is 18.1 Å². The second-order valence-corrected chi connectivity index (χ2v) is 3.34. The molecular weight excluding hydrogens is 240 g/mol. The number of methoxy groups -OCH3 is 3. The second kappa shape index (κ2) is 7.57. The minimum absolute atomic E-state index is 0.0943. The van der Waals surface area contributed by atoms with Gasteiger partial charge in [-0.25, -0.2) is 4.98 Å². The molecule has 0 aliphatic carbocycles. The fraction of sp³-hybridized carbons (Fsp3) is 0.545. The van der Waals surface area contributed by atoms with Gasteiger partial charge in [0.25, 0.3) is 0 Å². The van der Waals surface area contributed by atoms with Crippen LogP contribution >= 0.6 is 0 Å². The fourth-order valence-corrected chi connectivity index (χ4v) is 1.28.